The topological polar surface area (TPSA) is 97.6 Å². The summed E-state index contributed by atoms with van der Waals surface area (Å²) in [4.78, 5) is 19.8. The Morgan fingerprint density at radius 2 is 2.10 bits per heavy atom. The Morgan fingerprint density at radius 1 is 1.23 bits per heavy atom. The summed E-state index contributed by atoms with van der Waals surface area (Å²) in [6.45, 7) is 3.85. The molecule has 8 nitrogen and oxygen atoms in total. The molecule has 0 saturated carbocycles. The molecule has 2 aromatic carbocycles. The number of hydrogen-bond donors (Lipinski definition) is 2. The Bertz CT molecular complexity index is 1270. The van der Waals surface area contributed by atoms with Crippen molar-refractivity contribution in [2.75, 3.05) is 11.9 Å². The SMILES string of the molecule is C=CC(=O)NCCc1cn(-c2ccc3ncnc(Nc4ccc(F)c(Cl)c4)c3c2)nn1. The number of hydrogen-bond acceptors (Lipinski definition) is 6. The van der Waals surface area contributed by atoms with Crippen LogP contribution in [0.3, 0.4) is 0 Å². The molecule has 4 aromatic rings. The third kappa shape index (κ3) is 4.67. The van der Waals surface area contributed by atoms with Crippen molar-refractivity contribution in [3.63, 3.8) is 0 Å². The fourth-order valence-electron chi connectivity index (χ4n) is 2.92. The minimum Gasteiger partial charge on any atom is -0.352 e. The van der Waals surface area contributed by atoms with E-state index in [2.05, 4.69) is 37.5 Å². The van der Waals surface area contributed by atoms with Crippen LogP contribution < -0.4 is 10.6 Å². The molecule has 0 bridgehead atoms. The Hall–Kier alpha value is -3.85. The smallest absolute Gasteiger partial charge is 0.243 e. The molecule has 0 aliphatic rings. The first kappa shape index (κ1) is 20.4. The molecule has 0 fully saturated rings. The lowest BCUT2D eigenvalue weighted by molar-refractivity contribution is -0.116. The van der Waals surface area contributed by atoms with Gasteiger partial charge >= 0.3 is 0 Å². The van der Waals surface area contributed by atoms with Gasteiger partial charge in [0.15, 0.2) is 0 Å². The second-order valence-corrected chi connectivity index (χ2v) is 6.98. The van der Waals surface area contributed by atoms with Crippen LogP contribution >= 0.6 is 11.6 Å². The number of halogens is 2. The van der Waals surface area contributed by atoms with Crippen molar-refractivity contribution in [1.29, 1.82) is 0 Å². The van der Waals surface area contributed by atoms with E-state index in [4.69, 9.17) is 11.6 Å². The number of fused-ring (bicyclic) bond motifs is 1. The highest BCUT2D eigenvalue weighted by Gasteiger charge is 2.10. The van der Waals surface area contributed by atoms with Crippen molar-refractivity contribution in [3.8, 4) is 5.69 Å². The van der Waals surface area contributed by atoms with Crippen LogP contribution in [0.15, 0.2) is 61.6 Å². The summed E-state index contributed by atoms with van der Waals surface area (Å²) in [6.07, 6.45) is 4.99. The van der Waals surface area contributed by atoms with E-state index < -0.39 is 5.82 Å². The Morgan fingerprint density at radius 3 is 2.90 bits per heavy atom. The lowest BCUT2D eigenvalue weighted by Gasteiger charge is -2.10. The average molecular weight is 438 g/mol. The molecule has 0 atom stereocenters. The molecule has 0 radical (unpaired) electrons. The summed E-state index contributed by atoms with van der Waals surface area (Å²) in [5, 5.41) is 14.9. The van der Waals surface area contributed by atoms with Crippen LogP contribution in [0, 0.1) is 5.82 Å². The zero-order chi connectivity index (χ0) is 21.8. The number of amides is 1. The van der Waals surface area contributed by atoms with Gasteiger partial charge in [0.25, 0.3) is 0 Å². The van der Waals surface area contributed by atoms with E-state index in [1.807, 2.05) is 18.2 Å². The molecule has 156 valence electrons. The average Bonchev–Trinajstić information content (AvgIpc) is 3.25. The van der Waals surface area contributed by atoms with Gasteiger partial charge in [0, 0.05) is 24.0 Å². The van der Waals surface area contributed by atoms with Crippen LogP contribution in [0.25, 0.3) is 16.6 Å². The summed E-state index contributed by atoms with van der Waals surface area (Å²) in [5.41, 5.74) is 2.81. The van der Waals surface area contributed by atoms with E-state index in [0.717, 1.165) is 22.3 Å². The van der Waals surface area contributed by atoms with E-state index >= 15 is 0 Å². The van der Waals surface area contributed by atoms with Gasteiger partial charge < -0.3 is 10.6 Å². The lowest BCUT2D eigenvalue weighted by Crippen LogP contribution is -2.23. The minimum absolute atomic E-state index is 0.0171. The highest BCUT2D eigenvalue weighted by molar-refractivity contribution is 6.31. The molecule has 10 heteroatoms. The standard InChI is InChI=1S/C21H17ClFN7O/c1-2-20(31)24-8-7-14-11-30(29-28-14)15-4-6-19-16(10-15)21(26-12-25-19)27-13-3-5-18(23)17(22)9-13/h2-6,9-12H,1,7-8H2,(H,24,31)(H,25,26,27). The second kappa shape index (κ2) is 8.88. The van der Waals surface area contributed by atoms with E-state index in [1.165, 1.54) is 24.5 Å². The zero-order valence-corrected chi connectivity index (χ0v) is 17.0. The largest absolute Gasteiger partial charge is 0.352 e. The van der Waals surface area contributed by atoms with Crippen LogP contribution in [0.4, 0.5) is 15.9 Å². The van der Waals surface area contributed by atoms with Crippen molar-refractivity contribution in [2.45, 2.75) is 6.42 Å². The van der Waals surface area contributed by atoms with Crippen molar-refractivity contribution in [2.24, 2.45) is 0 Å². The van der Waals surface area contributed by atoms with E-state index in [-0.39, 0.29) is 10.9 Å². The molecule has 2 N–H and O–H groups in total. The van der Waals surface area contributed by atoms with Crippen LogP contribution in [0.2, 0.25) is 5.02 Å². The predicted molar refractivity (Wildman–Crippen MR) is 116 cm³/mol. The Balaban J connectivity index is 1.59. The number of anilines is 2. The highest BCUT2D eigenvalue weighted by Crippen LogP contribution is 2.27. The van der Waals surface area contributed by atoms with Crippen molar-refractivity contribution < 1.29 is 9.18 Å². The normalized spacial score (nSPS) is 10.8. The van der Waals surface area contributed by atoms with Gasteiger partial charge in [-0.25, -0.2) is 19.0 Å². The van der Waals surface area contributed by atoms with Gasteiger partial charge in [-0.15, -0.1) is 5.10 Å². The number of rotatable bonds is 7. The first-order valence-corrected chi connectivity index (χ1v) is 9.70. The molecule has 0 unspecified atom stereocenters. The summed E-state index contributed by atoms with van der Waals surface area (Å²) in [6, 6.07) is 9.94. The van der Waals surface area contributed by atoms with Crippen LogP contribution in [-0.4, -0.2) is 37.4 Å². The number of nitrogens with zero attached hydrogens (tertiary/aromatic N) is 5. The molecule has 2 heterocycles. The van der Waals surface area contributed by atoms with E-state index in [9.17, 15) is 9.18 Å². The molecular weight excluding hydrogens is 421 g/mol. The fourth-order valence-corrected chi connectivity index (χ4v) is 3.10. The summed E-state index contributed by atoms with van der Waals surface area (Å²) in [5.74, 6) is -0.181. The number of carbonyl (C=O) groups excluding carboxylic acids is 1. The van der Waals surface area contributed by atoms with E-state index in [0.29, 0.717) is 24.5 Å². The maximum Gasteiger partial charge on any atom is 0.243 e. The Labute approximate surface area is 181 Å². The number of carbonyl (C=O) groups is 1. The van der Waals surface area contributed by atoms with Gasteiger partial charge in [-0.3, -0.25) is 4.79 Å². The molecule has 0 saturated heterocycles. The van der Waals surface area contributed by atoms with Crippen molar-refractivity contribution in [3.05, 3.63) is 78.1 Å². The van der Waals surface area contributed by atoms with Crippen LogP contribution in [0.1, 0.15) is 5.69 Å². The number of nitrogens with one attached hydrogen (secondary N) is 2. The minimum atomic E-state index is -0.493. The molecule has 0 spiro atoms. The van der Waals surface area contributed by atoms with Gasteiger partial charge in [0.2, 0.25) is 5.91 Å². The first-order chi connectivity index (χ1) is 15.0. The molecule has 0 aliphatic carbocycles. The molecule has 2 aromatic heterocycles. The van der Waals surface area contributed by atoms with Gasteiger partial charge in [-0.2, -0.15) is 0 Å². The zero-order valence-electron chi connectivity index (χ0n) is 16.2. The summed E-state index contributed by atoms with van der Waals surface area (Å²) in [7, 11) is 0. The third-order valence-corrected chi connectivity index (χ3v) is 4.76. The number of benzene rings is 2. The third-order valence-electron chi connectivity index (χ3n) is 4.47. The first-order valence-electron chi connectivity index (χ1n) is 9.32. The lowest BCUT2D eigenvalue weighted by atomic mass is 10.2. The summed E-state index contributed by atoms with van der Waals surface area (Å²) < 4.78 is 15.1. The highest BCUT2D eigenvalue weighted by atomic mass is 35.5. The van der Waals surface area contributed by atoms with E-state index in [1.54, 1.807) is 16.9 Å². The monoisotopic (exact) mass is 437 g/mol. The molecular formula is C21H17ClFN7O. The van der Waals surface area contributed by atoms with Crippen LogP contribution in [0.5, 0.6) is 0 Å². The molecule has 0 aliphatic heterocycles. The Kier molecular flexibility index (Phi) is 5.85. The molecule has 4 rings (SSSR count). The molecule has 31 heavy (non-hydrogen) atoms. The van der Waals surface area contributed by atoms with Gasteiger partial charge in [-0.1, -0.05) is 23.4 Å². The summed E-state index contributed by atoms with van der Waals surface area (Å²) >= 11 is 5.87. The van der Waals surface area contributed by atoms with Crippen molar-refractivity contribution in [1.82, 2.24) is 30.3 Å². The maximum absolute atomic E-state index is 13.4. The van der Waals surface area contributed by atoms with Gasteiger partial charge in [0.1, 0.15) is 18.0 Å². The maximum atomic E-state index is 13.4. The molecule has 1 amide bonds. The van der Waals surface area contributed by atoms with Gasteiger partial charge in [0.05, 0.1) is 28.1 Å². The van der Waals surface area contributed by atoms with Crippen LogP contribution in [-0.2, 0) is 11.2 Å². The second-order valence-electron chi connectivity index (χ2n) is 6.58. The predicted octanol–water partition coefficient (Wildman–Crippen LogP) is 3.59. The number of aromatic nitrogens is 5. The quantitative estimate of drug-likeness (QED) is 0.429. The van der Waals surface area contributed by atoms with Gasteiger partial charge in [-0.05, 0) is 42.5 Å². The van der Waals surface area contributed by atoms with Crippen molar-refractivity contribution >= 4 is 39.9 Å². The fraction of sp³-hybridized carbons (Fsp3) is 0.0952.